The van der Waals surface area contributed by atoms with Gasteiger partial charge in [-0.15, -0.1) is 0 Å². The number of hydrogen-bond donors (Lipinski definition) is 4. The highest BCUT2D eigenvalue weighted by Gasteiger charge is 2.34. The minimum atomic E-state index is -4.59. The second-order valence-corrected chi connectivity index (χ2v) is 11.7. The van der Waals surface area contributed by atoms with Crippen LogP contribution in [-0.4, -0.2) is 75.8 Å². The Hall–Kier alpha value is -5.04. The van der Waals surface area contributed by atoms with E-state index in [1.165, 1.54) is 13.8 Å². The van der Waals surface area contributed by atoms with Crippen LogP contribution in [0.3, 0.4) is 0 Å². The smallest absolute Gasteiger partial charge is 0.422 e. The topological polar surface area (TPSA) is 181 Å². The van der Waals surface area contributed by atoms with Crippen LogP contribution in [0.25, 0.3) is 0 Å². The molecule has 2 heterocycles. The first-order valence-electron chi connectivity index (χ1n) is 13.6. The molecule has 20 heteroatoms. The molecule has 0 aliphatic carbocycles. The number of halogens is 6. The Bertz CT molecular complexity index is 1450. The third-order valence-corrected chi connectivity index (χ3v) is 4.84. The predicted octanol–water partition coefficient (Wildman–Crippen LogP) is 6.59. The van der Waals surface area contributed by atoms with Crippen LogP contribution in [0.15, 0.2) is 24.5 Å². The molecule has 2 rings (SSSR count). The van der Waals surface area contributed by atoms with Crippen molar-refractivity contribution in [3.8, 4) is 11.5 Å². The van der Waals surface area contributed by atoms with Crippen LogP contribution in [0.5, 0.6) is 11.5 Å². The van der Waals surface area contributed by atoms with Crippen LogP contribution in [-0.2, 0) is 14.3 Å². The molecule has 2 aromatic heterocycles. The Morgan fingerprint density at radius 3 is 1.58 bits per heavy atom. The molecule has 0 radical (unpaired) electrons. The molecule has 0 aliphatic rings. The zero-order valence-electron chi connectivity index (χ0n) is 27.1. The summed E-state index contributed by atoms with van der Waals surface area (Å²) in [5, 5.41) is 16.4. The van der Waals surface area contributed by atoms with Crippen molar-refractivity contribution in [3.63, 3.8) is 0 Å². The summed E-state index contributed by atoms with van der Waals surface area (Å²) in [7, 11) is 0. The van der Waals surface area contributed by atoms with Gasteiger partial charge in [0.2, 0.25) is 11.8 Å². The van der Waals surface area contributed by atoms with Crippen LogP contribution in [0.4, 0.5) is 58.9 Å². The number of carbonyl (C=O) groups is 4. The monoisotopic (exact) mass is 698 g/mol. The number of carbonyl (C=O) groups excluding carboxylic acids is 3. The molecule has 0 aromatic carbocycles. The van der Waals surface area contributed by atoms with Crippen molar-refractivity contribution in [2.45, 2.75) is 78.9 Å². The van der Waals surface area contributed by atoms with E-state index in [1.807, 2.05) is 0 Å². The number of nitrogens with zero attached hydrogens (tertiary/aromatic N) is 3. The van der Waals surface area contributed by atoms with Gasteiger partial charge < -0.3 is 30.0 Å². The third kappa shape index (κ3) is 16.0. The lowest BCUT2D eigenvalue weighted by atomic mass is 10.1. The summed E-state index contributed by atoms with van der Waals surface area (Å²) in [6.45, 7) is 8.86. The first-order valence-corrected chi connectivity index (χ1v) is 13.6. The SMILES string of the molecule is CC(=O)Nc1cc(N(C(=O)O)C(C)(C)C)c(OCC(F)(F)F)cn1.CC(=O)Nc1cc(NC(=O)OC(C)(C)C)c(OCC(F)(F)F)cn1. The number of pyridine rings is 2. The van der Waals surface area contributed by atoms with Gasteiger partial charge >= 0.3 is 24.5 Å². The molecule has 0 aliphatic heterocycles. The van der Waals surface area contributed by atoms with Gasteiger partial charge in [-0.2, -0.15) is 26.3 Å². The summed E-state index contributed by atoms with van der Waals surface area (Å²) in [5.41, 5.74) is -2.05. The third-order valence-electron chi connectivity index (χ3n) is 4.84. The van der Waals surface area contributed by atoms with Crippen LogP contribution < -0.4 is 30.3 Å². The summed E-state index contributed by atoms with van der Waals surface area (Å²) in [6, 6.07) is 2.31. The van der Waals surface area contributed by atoms with Gasteiger partial charge in [-0.25, -0.2) is 19.6 Å². The van der Waals surface area contributed by atoms with Crippen LogP contribution in [0.2, 0.25) is 0 Å². The number of rotatable bonds is 8. The molecule has 2 aromatic rings. The summed E-state index contributed by atoms with van der Waals surface area (Å²) >= 11 is 0. The molecule has 268 valence electrons. The van der Waals surface area contributed by atoms with E-state index in [-0.39, 0.29) is 34.5 Å². The predicted molar refractivity (Wildman–Crippen MR) is 160 cm³/mol. The largest absolute Gasteiger partial charge is 0.480 e. The van der Waals surface area contributed by atoms with Crippen molar-refractivity contribution < 1.29 is 64.8 Å². The normalized spacial score (nSPS) is 11.7. The zero-order valence-corrected chi connectivity index (χ0v) is 27.1. The van der Waals surface area contributed by atoms with E-state index in [0.29, 0.717) is 0 Å². The summed E-state index contributed by atoms with van der Waals surface area (Å²) in [6.07, 6.45) is -9.53. The highest BCUT2D eigenvalue weighted by molar-refractivity contribution is 5.93. The molecule has 14 nitrogen and oxygen atoms in total. The van der Waals surface area contributed by atoms with Crippen LogP contribution in [0, 0.1) is 0 Å². The summed E-state index contributed by atoms with van der Waals surface area (Å²) in [4.78, 5) is 53.9. The zero-order chi connectivity index (χ0) is 37.3. The Morgan fingerprint density at radius 2 is 1.19 bits per heavy atom. The maximum absolute atomic E-state index is 12.4. The Morgan fingerprint density at radius 1 is 0.750 bits per heavy atom. The van der Waals surface area contributed by atoms with Crippen molar-refractivity contribution in [1.29, 1.82) is 0 Å². The van der Waals surface area contributed by atoms with Crippen molar-refractivity contribution in [3.05, 3.63) is 24.5 Å². The fraction of sp³-hybridized carbons (Fsp3) is 0.500. The van der Waals surface area contributed by atoms with Gasteiger partial charge in [0, 0.05) is 31.5 Å². The van der Waals surface area contributed by atoms with E-state index in [0.717, 1.165) is 29.4 Å². The van der Waals surface area contributed by atoms with Crippen molar-refractivity contribution in [2.75, 3.05) is 34.1 Å². The number of carboxylic acid groups (broad SMARTS) is 1. The van der Waals surface area contributed by atoms with Gasteiger partial charge in [0.25, 0.3) is 0 Å². The summed E-state index contributed by atoms with van der Waals surface area (Å²) in [5.74, 6) is -1.55. The number of nitrogens with one attached hydrogen (secondary N) is 3. The van der Waals surface area contributed by atoms with E-state index in [2.05, 4.69) is 35.4 Å². The molecule has 4 amide bonds. The first kappa shape index (κ1) is 41.0. The van der Waals surface area contributed by atoms with Crippen LogP contribution >= 0.6 is 0 Å². The quantitative estimate of drug-likeness (QED) is 0.220. The fourth-order valence-corrected chi connectivity index (χ4v) is 3.36. The Balaban J connectivity index is 0.000000480. The van der Waals surface area contributed by atoms with E-state index in [4.69, 9.17) is 4.74 Å². The van der Waals surface area contributed by atoms with Gasteiger partial charge in [0.1, 0.15) is 17.2 Å². The second-order valence-electron chi connectivity index (χ2n) is 11.7. The number of anilines is 4. The van der Waals surface area contributed by atoms with Gasteiger partial charge in [-0.1, -0.05) is 0 Å². The molecule has 4 N–H and O–H groups in total. The number of ether oxygens (including phenoxy) is 3. The van der Waals surface area contributed by atoms with E-state index in [1.54, 1.807) is 41.5 Å². The maximum Gasteiger partial charge on any atom is 0.422 e. The Labute approximate surface area is 271 Å². The molecule has 0 saturated carbocycles. The molecular formula is C28H36F6N6O8. The highest BCUT2D eigenvalue weighted by Crippen LogP contribution is 2.35. The molecule has 48 heavy (non-hydrogen) atoms. The van der Waals surface area contributed by atoms with Crippen molar-refractivity contribution in [2.24, 2.45) is 0 Å². The highest BCUT2D eigenvalue weighted by atomic mass is 19.4. The maximum atomic E-state index is 12.4. The molecule has 0 spiro atoms. The average Bonchev–Trinajstić information content (AvgIpc) is 2.84. The average molecular weight is 699 g/mol. The van der Waals surface area contributed by atoms with E-state index < -0.39 is 60.7 Å². The van der Waals surface area contributed by atoms with Gasteiger partial charge in [-0.05, 0) is 41.5 Å². The van der Waals surface area contributed by atoms with Gasteiger partial charge in [0.05, 0.1) is 23.8 Å². The minimum Gasteiger partial charge on any atom is -0.480 e. The van der Waals surface area contributed by atoms with Gasteiger partial charge in [0.15, 0.2) is 24.7 Å². The Kier molecular flexibility index (Phi) is 13.8. The lowest BCUT2D eigenvalue weighted by Gasteiger charge is -2.34. The first-order chi connectivity index (χ1) is 21.7. The molecule has 0 fully saturated rings. The second kappa shape index (κ2) is 16.2. The lowest BCUT2D eigenvalue weighted by molar-refractivity contribution is -0.154. The van der Waals surface area contributed by atoms with Crippen LogP contribution in [0.1, 0.15) is 55.4 Å². The number of hydrogen-bond acceptors (Lipinski definition) is 9. The molecule has 0 unspecified atom stereocenters. The minimum absolute atomic E-state index is 0.00708. The standard InChI is InChI=1S/2C14H18F3N3O4/c1-8(21)19-11-5-9(20-12(22)24-13(2,3)4)10(6-18-11)23-7-14(15,16)17;1-8(21)19-11-5-9(20(12(22)23)13(2,3)4)10(6-18-11)24-7-14(15,16)17/h5-6H,7H2,1-4H3,(H2,18,19,20,21,22);5-6H,7H2,1-4H3,(H,22,23)(H,18,19,21). The van der Waals surface area contributed by atoms with Crippen molar-refractivity contribution in [1.82, 2.24) is 9.97 Å². The van der Waals surface area contributed by atoms with Crippen molar-refractivity contribution >= 4 is 47.0 Å². The van der Waals surface area contributed by atoms with Gasteiger partial charge in [-0.3, -0.25) is 19.8 Å². The van der Waals surface area contributed by atoms with E-state index in [9.17, 15) is 50.6 Å². The number of alkyl halides is 6. The molecule has 0 atom stereocenters. The molecule has 0 bridgehead atoms. The number of aromatic nitrogens is 2. The lowest BCUT2D eigenvalue weighted by Crippen LogP contribution is -2.45. The fourth-order valence-electron chi connectivity index (χ4n) is 3.36. The number of amides is 4. The molecular weight excluding hydrogens is 662 g/mol. The summed E-state index contributed by atoms with van der Waals surface area (Å²) < 4.78 is 88.4. The molecule has 0 saturated heterocycles. The van der Waals surface area contributed by atoms with E-state index >= 15 is 0 Å².